The number of benzene rings is 1. The molecule has 0 saturated heterocycles. The third kappa shape index (κ3) is 1.72. The molecule has 0 atom stereocenters. The van der Waals surface area contributed by atoms with Crippen LogP contribution in [0, 0.1) is 5.82 Å². The SMILES string of the molecule is CC(=O)c1cnn(-c2ccccc2F)c1Cl. The molecule has 0 spiro atoms. The quantitative estimate of drug-likeness (QED) is 0.754. The minimum Gasteiger partial charge on any atom is -0.294 e. The Hall–Kier alpha value is -1.68. The number of para-hydroxylation sites is 1. The summed E-state index contributed by atoms with van der Waals surface area (Å²) in [6.07, 6.45) is 1.33. The highest BCUT2D eigenvalue weighted by molar-refractivity contribution is 6.33. The molecule has 0 saturated carbocycles. The van der Waals surface area contributed by atoms with Gasteiger partial charge in [-0.2, -0.15) is 5.10 Å². The van der Waals surface area contributed by atoms with Gasteiger partial charge in [-0.15, -0.1) is 0 Å². The normalized spacial score (nSPS) is 10.4. The summed E-state index contributed by atoms with van der Waals surface area (Å²) in [4.78, 5) is 11.2. The Balaban J connectivity index is 2.58. The molecule has 0 unspecified atom stereocenters. The van der Waals surface area contributed by atoms with Crippen LogP contribution in [0.15, 0.2) is 30.5 Å². The third-order valence-corrected chi connectivity index (χ3v) is 2.53. The van der Waals surface area contributed by atoms with Gasteiger partial charge in [0.15, 0.2) is 5.78 Å². The fourth-order valence-electron chi connectivity index (χ4n) is 1.36. The fourth-order valence-corrected chi connectivity index (χ4v) is 1.68. The molecule has 0 bridgehead atoms. The van der Waals surface area contributed by atoms with Crippen molar-refractivity contribution < 1.29 is 9.18 Å². The van der Waals surface area contributed by atoms with Gasteiger partial charge in [-0.3, -0.25) is 4.79 Å². The molecule has 1 heterocycles. The van der Waals surface area contributed by atoms with Crippen molar-refractivity contribution in [2.45, 2.75) is 6.92 Å². The molecule has 0 radical (unpaired) electrons. The lowest BCUT2D eigenvalue weighted by Crippen LogP contribution is -2.00. The Kier molecular flexibility index (Phi) is 2.75. The maximum absolute atomic E-state index is 13.5. The zero-order chi connectivity index (χ0) is 11.7. The van der Waals surface area contributed by atoms with Gasteiger partial charge in [-0.05, 0) is 19.1 Å². The van der Waals surface area contributed by atoms with Crippen LogP contribution in [0.5, 0.6) is 0 Å². The van der Waals surface area contributed by atoms with E-state index in [0.29, 0.717) is 0 Å². The standard InChI is InChI=1S/C11H8ClFN2O/c1-7(16)8-6-14-15(11(8)12)10-5-3-2-4-9(10)13/h2-6H,1H3. The van der Waals surface area contributed by atoms with Gasteiger partial charge < -0.3 is 0 Å². The van der Waals surface area contributed by atoms with Crippen molar-refractivity contribution >= 4 is 17.4 Å². The van der Waals surface area contributed by atoms with Gasteiger partial charge in [0.05, 0.1) is 11.8 Å². The Morgan fingerprint density at radius 3 is 2.69 bits per heavy atom. The molecule has 5 heteroatoms. The zero-order valence-corrected chi connectivity index (χ0v) is 9.20. The Morgan fingerprint density at radius 2 is 2.12 bits per heavy atom. The van der Waals surface area contributed by atoms with Crippen LogP contribution in [0.25, 0.3) is 5.69 Å². The average molecular weight is 239 g/mol. The number of rotatable bonds is 2. The molecule has 1 aromatic carbocycles. The second kappa shape index (κ2) is 4.06. The second-order valence-corrected chi connectivity index (χ2v) is 3.63. The molecule has 0 N–H and O–H groups in total. The lowest BCUT2D eigenvalue weighted by Gasteiger charge is -2.03. The summed E-state index contributed by atoms with van der Waals surface area (Å²) in [5, 5.41) is 4.01. The minimum absolute atomic E-state index is 0.123. The first-order valence-electron chi connectivity index (χ1n) is 4.60. The van der Waals surface area contributed by atoms with Crippen molar-refractivity contribution in [1.82, 2.24) is 9.78 Å². The molecule has 2 aromatic rings. The minimum atomic E-state index is -0.442. The van der Waals surface area contributed by atoms with Crippen molar-refractivity contribution in [3.05, 3.63) is 47.0 Å². The largest absolute Gasteiger partial charge is 0.294 e. The van der Waals surface area contributed by atoms with Crippen LogP contribution in [0.1, 0.15) is 17.3 Å². The first-order chi connectivity index (χ1) is 7.61. The predicted molar refractivity (Wildman–Crippen MR) is 58.5 cm³/mol. The lowest BCUT2D eigenvalue weighted by molar-refractivity contribution is 0.101. The number of halogens is 2. The number of nitrogens with zero attached hydrogens (tertiary/aromatic N) is 2. The molecular formula is C11H8ClFN2O. The van der Waals surface area contributed by atoms with Gasteiger partial charge >= 0.3 is 0 Å². The number of carbonyl (C=O) groups is 1. The fraction of sp³-hybridized carbons (Fsp3) is 0.0909. The van der Waals surface area contributed by atoms with Crippen LogP contribution >= 0.6 is 11.6 Å². The highest BCUT2D eigenvalue weighted by Crippen LogP contribution is 2.22. The van der Waals surface area contributed by atoms with Gasteiger partial charge in [0.1, 0.15) is 16.7 Å². The van der Waals surface area contributed by atoms with Crippen molar-refractivity contribution in [3.63, 3.8) is 0 Å². The van der Waals surface area contributed by atoms with E-state index in [1.54, 1.807) is 12.1 Å². The van der Waals surface area contributed by atoms with Gasteiger partial charge in [0.2, 0.25) is 0 Å². The Labute approximate surface area is 96.5 Å². The average Bonchev–Trinajstić information content (AvgIpc) is 2.61. The Bertz CT molecular complexity index is 551. The van der Waals surface area contributed by atoms with Gasteiger partial charge in [0, 0.05) is 0 Å². The number of hydrogen-bond acceptors (Lipinski definition) is 2. The molecule has 0 fully saturated rings. The van der Waals surface area contributed by atoms with E-state index in [1.165, 1.54) is 29.9 Å². The van der Waals surface area contributed by atoms with Crippen LogP contribution in [-0.2, 0) is 0 Å². The van der Waals surface area contributed by atoms with Crippen molar-refractivity contribution in [2.75, 3.05) is 0 Å². The van der Waals surface area contributed by atoms with E-state index in [0.717, 1.165) is 0 Å². The first-order valence-corrected chi connectivity index (χ1v) is 4.98. The number of aromatic nitrogens is 2. The van der Waals surface area contributed by atoms with Crippen molar-refractivity contribution in [1.29, 1.82) is 0 Å². The first kappa shape index (κ1) is 10.8. The van der Waals surface area contributed by atoms with E-state index in [2.05, 4.69) is 5.10 Å². The summed E-state index contributed by atoms with van der Waals surface area (Å²) in [6.45, 7) is 1.38. The third-order valence-electron chi connectivity index (χ3n) is 2.17. The highest BCUT2D eigenvalue weighted by Gasteiger charge is 2.15. The number of Topliss-reactive ketones (excluding diaryl/α,β-unsaturated/α-hetero) is 1. The van der Waals surface area contributed by atoms with Crippen molar-refractivity contribution in [3.8, 4) is 5.69 Å². The molecule has 82 valence electrons. The van der Waals surface area contributed by atoms with E-state index in [4.69, 9.17) is 11.6 Å². The topological polar surface area (TPSA) is 34.9 Å². The molecule has 1 aromatic heterocycles. The van der Waals surface area contributed by atoms with E-state index >= 15 is 0 Å². The summed E-state index contributed by atoms with van der Waals surface area (Å²) in [6, 6.07) is 6.09. The van der Waals surface area contributed by atoms with Crippen LogP contribution in [0.3, 0.4) is 0 Å². The summed E-state index contributed by atoms with van der Waals surface area (Å²) < 4.78 is 14.7. The molecule has 0 aliphatic carbocycles. The Morgan fingerprint density at radius 1 is 1.44 bits per heavy atom. The molecule has 3 nitrogen and oxygen atoms in total. The van der Waals surface area contributed by atoms with E-state index in [1.807, 2.05) is 0 Å². The van der Waals surface area contributed by atoms with Gasteiger partial charge in [-0.1, -0.05) is 23.7 Å². The zero-order valence-electron chi connectivity index (χ0n) is 8.45. The van der Waals surface area contributed by atoms with Gasteiger partial charge in [0.25, 0.3) is 0 Å². The smallest absolute Gasteiger partial charge is 0.164 e. The van der Waals surface area contributed by atoms with E-state index in [9.17, 15) is 9.18 Å². The van der Waals surface area contributed by atoms with Crippen LogP contribution in [-0.4, -0.2) is 15.6 Å². The van der Waals surface area contributed by atoms with E-state index in [-0.39, 0.29) is 22.2 Å². The summed E-state index contributed by atoms with van der Waals surface area (Å²) in [5.41, 5.74) is 0.505. The highest BCUT2D eigenvalue weighted by atomic mass is 35.5. The predicted octanol–water partition coefficient (Wildman–Crippen LogP) is 2.87. The maximum Gasteiger partial charge on any atom is 0.164 e. The monoisotopic (exact) mass is 238 g/mol. The number of hydrogen-bond donors (Lipinski definition) is 0. The van der Waals surface area contributed by atoms with Crippen LogP contribution in [0.2, 0.25) is 5.15 Å². The molecule has 2 rings (SSSR count). The van der Waals surface area contributed by atoms with Crippen molar-refractivity contribution in [2.24, 2.45) is 0 Å². The summed E-state index contributed by atoms with van der Waals surface area (Å²) in [7, 11) is 0. The van der Waals surface area contributed by atoms with E-state index < -0.39 is 5.82 Å². The molecule has 0 aliphatic heterocycles. The lowest BCUT2D eigenvalue weighted by atomic mass is 10.2. The van der Waals surface area contributed by atoms with Gasteiger partial charge in [-0.25, -0.2) is 9.07 Å². The molecule has 16 heavy (non-hydrogen) atoms. The van der Waals surface area contributed by atoms with Crippen LogP contribution in [0.4, 0.5) is 4.39 Å². The molecule has 0 aliphatic rings. The molecule has 0 amide bonds. The second-order valence-electron chi connectivity index (χ2n) is 3.27. The molecular weight excluding hydrogens is 231 g/mol. The van der Waals surface area contributed by atoms with Crippen LogP contribution < -0.4 is 0 Å². The number of carbonyl (C=O) groups excluding carboxylic acids is 1. The number of ketones is 1. The summed E-state index contributed by atoms with van der Waals surface area (Å²) in [5.74, 6) is -0.643. The maximum atomic E-state index is 13.5. The summed E-state index contributed by atoms with van der Waals surface area (Å²) >= 11 is 5.94.